The number of ether oxygens (including phenoxy) is 1. The fourth-order valence-corrected chi connectivity index (χ4v) is 3.21. The van der Waals surface area contributed by atoms with Crippen LogP contribution in [0.25, 0.3) is 0 Å². The van der Waals surface area contributed by atoms with Crippen LogP contribution in [0.3, 0.4) is 0 Å². The Balaban J connectivity index is 2.21. The van der Waals surface area contributed by atoms with Gasteiger partial charge in [-0.2, -0.15) is 0 Å². The molecule has 0 aromatic heterocycles. The van der Waals surface area contributed by atoms with Crippen LogP contribution in [0.1, 0.15) is 23.6 Å². The third-order valence-electron chi connectivity index (χ3n) is 5.01. The number of carboxylic acids is 1. The Morgan fingerprint density at radius 1 is 0.786 bits per heavy atom. The summed E-state index contributed by atoms with van der Waals surface area (Å²) in [6, 6.07) is 29.2. The van der Waals surface area contributed by atoms with Gasteiger partial charge in [-0.1, -0.05) is 91.0 Å². The number of aliphatic carboxylic acids is 1. The van der Waals surface area contributed by atoms with Crippen molar-refractivity contribution in [2.75, 3.05) is 13.2 Å². The smallest absolute Gasteiger partial charge is 0.314 e. The van der Waals surface area contributed by atoms with E-state index in [1.165, 1.54) is 6.92 Å². The van der Waals surface area contributed by atoms with E-state index in [0.717, 1.165) is 16.7 Å². The zero-order chi connectivity index (χ0) is 20.0. The molecular weight excluding hydrogens is 352 g/mol. The molecule has 0 heterocycles. The minimum absolute atomic E-state index is 0.155. The van der Waals surface area contributed by atoms with Crippen LogP contribution in [-0.4, -0.2) is 29.4 Å². The monoisotopic (exact) mass is 376 g/mol. The molecule has 3 aromatic rings. The number of benzene rings is 3. The Labute approximate surface area is 165 Å². The molecule has 0 unspecified atom stereocenters. The van der Waals surface area contributed by atoms with Gasteiger partial charge in [0.15, 0.2) is 0 Å². The third-order valence-corrected chi connectivity index (χ3v) is 5.01. The van der Waals surface area contributed by atoms with Gasteiger partial charge >= 0.3 is 5.97 Å². The normalized spacial score (nSPS) is 13.6. The summed E-state index contributed by atoms with van der Waals surface area (Å²) in [4.78, 5) is 11.7. The van der Waals surface area contributed by atoms with Crippen LogP contribution in [-0.2, 0) is 15.1 Å². The molecule has 3 rings (SSSR count). The van der Waals surface area contributed by atoms with Crippen LogP contribution in [0, 0.1) is 5.41 Å². The van der Waals surface area contributed by atoms with E-state index < -0.39 is 23.6 Å². The van der Waals surface area contributed by atoms with Crippen LogP contribution >= 0.6 is 0 Å². The number of hydrogen-bond acceptors (Lipinski definition) is 3. The Hall–Kier alpha value is -2.95. The summed E-state index contributed by atoms with van der Waals surface area (Å²) >= 11 is 0. The van der Waals surface area contributed by atoms with Gasteiger partial charge in [-0.3, -0.25) is 4.79 Å². The molecule has 4 heteroatoms. The van der Waals surface area contributed by atoms with E-state index in [1.54, 1.807) is 0 Å². The van der Waals surface area contributed by atoms with Crippen molar-refractivity contribution >= 4 is 5.97 Å². The molecule has 3 aromatic carbocycles. The van der Waals surface area contributed by atoms with Gasteiger partial charge in [0.05, 0.1) is 13.2 Å². The standard InChI is InChI=1S/C24H24O4/c1-23(17-25,22(26)27)18-28-24(19-11-5-2-6-12-19,20-13-7-3-8-14-20)21-15-9-4-10-16-21/h2-16,25H,17-18H2,1H3,(H,26,27)/t23-/m0/s1. The lowest BCUT2D eigenvalue weighted by molar-refractivity contribution is -0.158. The predicted octanol–water partition coefficient (Wildman–Crippen LogP) is 4.08. The van der Waals surface area contributed by atoms with E-state index in [2.05, 4.69) is 0 Å². The summed E-state index contributed by atoms with van der Waals surface area (Å²) in [5.41, 5.74) is 0.244. The second kappa shape index (κ2) is 8.38. The third kappa shape index (κ3) is 3.70. The molecule has 0 aliphatic heterocycles. The molecule has 0 saturated carbocycles. The van der Waals surface area contributed by atoms with Crippen molar-refractivity contribution in [3.05, 3.63) is 108 Å². The van der Waals surface area contributed by atoms with Gasteiger partial charge in [0.25, 0.3) is 0 Å². The predicted molar refractivity (Wildman–Crippen MR) is 108 cm³/mol. The van der Waals surface area contributed by atoms with Crippen molar-refractivity contribution in [1.82, 2.24) is 0 Å². The summed E-state index contributed by atoms with van der Waals surface area (Å²) in [5, 5.41) is 19.3. The molecule has 0 bridgehead atoms. The lowest BCUT2D eigenvalue weighted by Crippen LogP contribution is -2.42. The van der Waals surface area contributed by atoms with Gasteiger partial charge in [0.1, 0.15) is 11.0 Å². The maximum absolute atomic E-state index is 11.7. The van der Waals surface area contributed by atoms with E-state index >= 15 is 0 Å². The van der Waals surface area contributed by atoms with Crippen LogP contribution < -0.4 is 0 Å². The minimum atomic E-state index is -1.41. The van der Waals surface area contributed by atoms with Gasteiger partial charge < -0.3 is 14.9 Å². The molecular formula is C24H24O4. The Morgan fingerprint density at radius 3 is 1.43 bits per heavy atom. The number of aliphatic hydroxyl groups is 1. The minimum Gasteiger partial charge on any atom is -0.481 e. The molecule has 0 saturated heterocycles. The molecule has 0 aliphatic carbocycles. The molecule has 0 fully saturated rings. The number of rotatable bonds is 8. The topological polar surface area (TPSA) is 66.8 Å². The zero-order valence-corrected chi connectivity index (χ0v) is 15.8. The maximum Gasteiger partial charge on any atom is 0.314 e. The molecule has 0 spiro atoms. The van der Waals surface area contributed by atoms with Gasteiger partial charge in [0.2, 0.25) is 0 Å². The van der Waals surface area contributed by atoms with Crippen molar-refractivity contribution in [2.45, 2.75) is 12.5 Å². The summed E-state index contributed by atoms with van der Waals surface area (Å²) in [6.07, 6.45) is 0. The summed E-state index contributed by atoms with van der Waals surface area (Å²) < 4.78 is 6.46. The van der Waals surface area contributed by atoms with Crippen LogP contribution in [0.15, 0.2) is 91.0 Å². The van der Waals surface area contributed by atoms with Crippen molar-refractivity contribution in [3.8, 4) is 0 Å². The first kappa shape index (κ1) is 19.8. The second-order valence-electron chi connectivity index (χ2n) is 7.09. The first-order valence-electron chi connectivity index (χ1n) is 9.18. The van der Waals surface area contributed by atoms with Crippen molar-refractivity contribution in [3.63, 3.8) is 0 Å². The molecule has 1 atom stereocenters. The molecule has 2 N–H and O–H groups in total. The highest BCUT2D eigenvalue weighted by molar-refractivity contribution is 5.74. The van der Waals surface area contributed by atoms with E-state index in [4.69, 9.17) is 4.74 Å². The van der Waals surface area contributed by atoms with Crippen LogP contribution in [0.4, 0.5) is 0 Å². The number of aliphatic hydroxyl groups excluding tert-OH is 1. The molecule has 144 valence electrons. The number of hydrogen-bond donors (Lipinski definition) is 2. The van der Waals surface area contributed by atoms with E-state index in [9.17, 15) is 15.0 Å². The average Bonchev–Trinajstić information content (AvgIpc) is 2.76. The SMILES string of the molecule is C[C@](CO)(COC(c1ccccc1)(c1ccccc1)c1ccccc1)C(=O)O. The first-order valence-corrected chi connectivity index (χ1v) is 9.18. The maximum atomic E-state index is 11.7. The fourth-order valence-electron chi connectivity index (χ4n) is 3.21. The Bertz CT molecular complexity index is 797. The van der Waals surface area contributed by atoms with Gasteiger partial charge in [-0.15, -0.1) is 0 Å². The van der Waals surface area contributed by atoms with Gasteiger partial charge in [0, 0.05) is 0 Å². The second-order valence-corrected chi connectivity index (χ2v) is 7.09. The van der Waals surface area contributed by atoms with E-state index in [1.807, 2.05) is 91.0 Å². The van der Waals surface area contributed by atoms with Crippen molar-refractivity contribution in [1.29, 1.82) is 0 Å². The van der Waals surface area contributed by atoms with Crippen LogP contribution in [0.5, 0.6) is 0 Å². The quantitative estimate of drug-likeness (QED) is 0.582. The summed E-state index contributed by atoms with van der Waals surface area (Å²) in [6.45, 7) is 0.815. The van der Waals surface area contributed by atoms with Crippen LogP contribution in [0.2, 0.25) is 0 Å². The Kier molecular flexibility index (Phi) is 5.93. The Morgan fingerprint density at radius 2 is 1.14 bits per heavy atom. The fraction of sp³-hybridized carbons (Fsp3) is 0.208. The molecule has 0 radical (unpaired) electrons. The highest BCUT2D eigenvalue weighted by Gasteiger charge is 2.42. The van der Waals surface area contributed by atoms with Gasteiger partial charge in [-0.05, 0) is 23.6 Å². The average molecular weight is 376 g/mol. The molecule has 4 nitrogen and oxygen atoms in total. The van der Waals surface area contributed by atoms with Gasteiger partial charge in [-0.25, -0.2) is 0 Å². The zero-order valence-electron chi connectivity index (χ0n) is 15.8. The van der Waals surface area contributed by atoms with Crippen molar-refractivity contribution in [2.24, 2.45) is 5.41 Å². The summed E-state index contributed by atoms with van der Waals surface area (Å²) in [5.74, 6) is -1.10. The molecule has 28 heavy (non-hydrogen) atoms. The lowest BCUT2D eigenvalue weighted by atomic mass is 9.79. The largest absolute Gasteiger partial charge is 0.481 e. The molecule has 0 amide bonds. The first-order chi connectivity index (χ1) is 13.5. The van der Waals surface area contributed by atoms with E-state index in [-0.39, 0.29) is 6.61 Å². The lowest BCUT2D eigenvalue weighted by Gasteiger charge is -2.38. The number of carbonyl (C=O) groups is 1. The highest BCUT2D eigenvalue weighted by atomic mass is 16.5. The summed E-state index contributed by atoms with van der Waals surface area (Å²) in [7, 11) is 0. The number of carboxylic acid groups (broad SMARTS) is 1. The highest BCUT2D eigenvalue weighted by Crippen LogP contribution is 2.41. The van der Waals surface area contributed by atoms with E-state index in [0.29, 0.717) is 0 Å². The molecule has 0 aliphatic rings. The van der Waals surface area contributed by atoms with Crippen molar-refractivity contribution < 1.29 is 19.7 Å².